The van der Waals surface area contributed by atoms with Crippen LogP contribution in [0.1, 0.15) is 28.3 Å². The predicted molar refractivity (Wildman–Crippen MR) is 59.9 cm³/mol. The fraction of sp³-hybridized carbons (Fsp3) is 0.818. The van der Waals surface area contributed by atoms with Gasteiger partial charge < -0.3 is 14.3 Å². The Bertz CT molecular complexity index is 398. The van der Waals surface area contributed by atoms with Gasteiger partial charge in [-0.2, -0.15) is 0 Å². The zero-order valence-electron chi connectivity index (χ0n) is 15.7. The number of rotatable bonds is 6. The number of carbonyl (C=O) groups excluding carboxylic acids is 1. The second-order valence-corrected chi connectivity index (χ2v) is 4.56. The van der Waals surface area contributed by atoms with Crippen LogP contribution in [0.2, 0.25) is 0 Å². The summed E-state index contributed by atoms with van der Waals surface area (Å²) in [6, 6.07) is 0. The summed E-state index contributed by atoms with van der Waals surface area (Å²) in [5.41, 5.74) is 0. The number of hydrogen-bond acceptors (Lipinski definition) is 3. The van der Waals surface area contributed by atoms with Gasteiger partial charge in [0.25, 0.3) is 0 Å². The van der Waals surface area contributed by atoms with Crippen molar-refractivity contribution in [1.29, 1.82) is 0 Å². The molecule has 16 heavy (non-hydrogen) atoms. The molecule has 0 rings (SSSR count). The zero-order valence-corrected chi connectivity index (χ0v) is 9.69. The van der Waals surface area contributed by atoms with Crippen LogP contribution in [-0.4, -0.2) is 55.3 Å². The molecule has 0 radical (unpaired) electrons. The summed E-state index contributed by atoms with van der Waals surface area (Å²) in [4.78, 5) is 22.8. The van der Waals surface area contributed by atoms with Crippen LogP contribution < -0.4 is 0 Å². The number of aliphatic carboxylic acids is 1. The molecule has 0 aromatic carbocycles. The lowest BCUT2D eigenvalue weighted by molar-refractivity contribution is -0.873. The van der Waals surface area contributed by atoms with E-state index in [1.54, 1.807) is 21.1 Å². The fourth-order valence-corrected chi connectivity index (χ4v) is 1.18. The molecule has 0 fully saturated rings. The topological polar surface area (TPSA) is 63.6 Å². The summed E-state index contributed by atoms with van der Waals surface area (Å²) in [6.45, 7) is -6.02. The monoisotopic (exact) mass is 238 g/mol. The maximum atomic E-state index is 12.0. The number of ether oxygens (including phenoxy) is 1. The third kappa shape index (κ3) is 7.23. The van der Waals surface area contributed by atoms with Gasteiger partial charge in [-0.15, -0.1) is 0 Å². The SMILES string of the molecule is [2H]C([2H])([2H])C(C(=O)O[C@H](CC(=O)O)C[N+](C)(C)C)C([2H])([2H])[2H]. The van der Waals surface area contributed by atoms with Crippen LogP contribution in [0.15, 0.2) is 0 Å². The molecule has 0 unspecified atom stereocenters. The van der Waals surface area contributed by atoms with Crippen molar-refractivity contribution < 1.29 is 32.1 Å². The van der Waals surface area contributed by atoms with Gasteiger partial charge >= 0.3 is 11.9 Å². The number of carboxylic acid groups (broad SMARTS) is 1. The molecular formula is C11H22NO4+. The number of quaternary nitrogens is 1. The summed E-state index contributed by atoms with van der Waals surface area (Å²) in [5.74, 6) is -4.96. The lowest BCUT2D eigenvalue weighted by atomic mass is 10.2. The largest absolute Gasteiger partial charge is 0.481 e. The van der Waals surface area contributed by atoms with Crippen molar-refractivity contribution in [2.75, 3.05) is 27.7 Å². The minimum atomic E-state index is -3.06. The van der Waals surface area contributed by atoms with E-state index in [4.69, 9.17) is 18.1 Å². The van der Waals surface area contributed by atoms with E-state index < -0.39 is 44.1 Å². The Morgan fingerprint density at radius 2 is 1.94 bits per heavy atom. The molecule has 0 spiro atoms. The van der Waals surface area contributed by atoms with Crippen molar-refractivity contribution in [3.63, 3.8) is 0 Å². The normalized spacial score (nSPS) is 20.8. The highest BCUT2D eigenvalue weighted by molar-refractivity contribution is 5.73. The molecule has 1 N–H and O–H groups in total. The summed E-state index contributed by atoms with van der Waals surface area (Å²) >= 11 is 0. The number of hydrogen-bond donors (Lipinski definition) is 1. The summed E-state index contributed by atoms with van der Waals surface area (Å²) < 4.78 is 48.3. The van der Waals surface area contributed by atoms with Gasteiger partial charge in [-0.3, -0.25) is 9.59 Å². The van der Waals surface area contributed by atoms with E-state index in [2.05, 4.69) is 0 Å². The molecule has 0 saturated heterocycles. The quantitative estimate of drug-likeness (QED) is 0.547. The molecule has 1 atom stereocenters. The molecule has 0 aromatic rings. The van der Waals surface area contributed by atoms with E-state index >= 15 is 0 Å². The van der Waals surface area contributed by atoms with E-state index in [-0.39, 0.29) is 11.0 Å². The highest BCUT2D eigenvalue weighted by Gasteiger charge is 2.25. The number of likely N-dealkylation sites (N-methyl/N-ethyl adjacent to an activating group) is 1. The molecule has 0 aliphatic rings. The Morgan fingerprint density at radius 3 is 2.31 bits per heavy atom. The molecule has 0 aromatic heterocycles. The first-order valence-corrected chi connectivity index (χ1v) is 4.77. The van der Waals surface area contributed by atoms with Crippen LogP contribution in [0.4, 0.5) is 0 Å². The van der Waals surface area contributed by atoms with Crippen molar-refractivity contribution in [2.45, 2.75) is 26.2 Å². The number of nitrogens with zero attached hydrogens (tertiary/aromatic N) is 1. The standard InChI is InChI=1S/C11H21NO4/c1-8(2)11(15)16-9(6-10(13)14)7-12(3,4)5/h8-9H,6-7H2,1-5H3/p+1/t9-/m1/s1/i1D3,2D3. The van der Waals surface area contributed by atoms with E-state index in [1.165, 1.54) is 0 Å². The van der Waals surface area contributed by atoms with Crippen LogP contribution in [0.5, 0.6) is 0 Å². The summed E-state index contributed by atoms with van der Waals surface area (Å²) in [5, 5.41) is 8.83. The van der Waals surface area contributed by atoms with Crippen molar-refractivity contribution in [1.82, 2.24) is 0 Å². The first kappa shape index (κ1) is 7.27. The Labute approximate surface area is 105 Å². The predicted octanol–water partition coefficient (Wildman–Crippen LogP) is 0.735. The molecule has 0 amide bonds. The molecule has 94 valence electrons. The van der Waals surface area contributed by atoms with Crippen LogP contribution in [0, 0.1) is 5.92 Å². The van der Waals surface area contributed by atoms with Crippen molar-refractivity contribution in [2.24, 2.45) is 5.92 Å². The van der Waals surface area contributed by atoms with Crippen molar-refractivity contribution in [3.05, 3.63) is 0 Å². The molecule has 0 aliphatic heterocycles. The molecular weight excluding hydrogens is 210 g/mol. The Hall–Kier alpha value is -1.10. The molecule has 0 aliphatic carbocycles. The average Bonchev–Trinajstić information content (AvgIpc) is 2.05. The molecule has 0 heterocycles. The number of esters is 1. The number of carboxylic acids is 1. The minimum Gasteiger partial charge on any atom is -0.481 e. The first-order chi connectivity index (χ1) is 9.54. The molecule has 0 saturated carbocycles. The summed E-state index contributed by atoms with van der Waals surface area (Å²) in [6.07, 6.45) is -1.65. The van der Waals surface area contributed by atoms with E-state index in [1.807, 2.05) is 0 Å². The van der Waals surface area contributed by atoms with Crippen LogP contribution in [-0.2, 0) is 14.3 Å². The lowest BCUT2D eigenvalue weighted by Gasteiger charge is -2.28. The van der Waals surface area contributed by atoms with Gasteiger partial charge in [0.15, 0.2) is 6.10 Å². The van der Waals surface area contributed by atoms with Gasteiger partial charge in [-0.05, 0) is 0 Å². The van der Waals surface area contributed by atoms with Crippen LogP contribution in [0.25, 0.3) is 0 Å². The molecule has 5 heteroatoms. The van der Waals surface area contributed by atoms with Gasteiger partial charge in [-0.1, -0.05) is 13.7 Å². The van der Waals surface area contributed by atoms with Crippen LogP contribution in [0.3, 0.4) is 0 Å². The molecule has 0 bridgehead atoms. The van der Waals surface area contributed by atoms with Gasteiger partial charge in [0.05, 0.1) is 33.5 Å². The second kappa shape index (κ2) is 5.84. The number of carbonyl (C=O) groups is 2. The second-order valence-electron chi connectivity index (χ2n) is 4.56. The van der Waals surface area contributed by atoms with E-state index in [0.29, 0.717) is 0 Å². The highest BCUT2D eigenvalue weighted by atomic mass is 16.5. The zero-order chi connectivity index (χ0) is 17.9. The van der Waals surface area contributed by atoms with Gasteiger partial charge in [-0.25, -0.2) is 0 Å². The van der Waals surface area contributed by atoms with Gasteiger partial charge in [0.1, 0.15) is 6.54 Å². The van der Waals surface area contributed by atoms with Crippen LogP contribution >= 0.6 is 0 Å². The maximum absolute atomic E-state index is 12.0. The third-order valence-electron chi connectivity index (χ3n) is 1.67. The first-order valence-electron chi connectivity index (χ1n) is 7.77. The minimum absolute atomic E-state index is 0.104. The van der Waals surface area contributed by atoms with Gasteiger partial charge in [0, 0.05) is 8.22 Å². The Balaban J connectivity index is 5.25. The Morgan fingerprint density at radius 1 is 1.38 bits per heavy atom. The maximum Gasteiger partial charge on any atom is 0.308 e. The highest BCUT2D eigenvalue weighted by Crippen LogP contribution is 2.08. The lowest BCUT2D eigenvalue weighted by Crippen LogP contribution is -2.44. The summed E-state index contributed by atoms with van der Waals surface area (Å²) in [7, 11) is 5.19. The van der Waals surface area contributed by atoms with E-state index in [0.717, 1.165) is 0 Å². The smallest absolute Gasteiger partial charge is 0.308 e. The Kier molecular flexibility index (Phi) is 2.65. The van der Waals surface area contributed by atoms with Crippen molar-refractivity contribution >= 4 is 11.9 Å². The van der Waals surface area contributed by atoms with E-state index in [9.17, 15) is 9.59 Å². The molecule has 5 nitrogen and oxygen atoms in total. The van der Waals surface area contributed by atoms with Crippen molar-refractivity contribution in [3.8, 4) is 0 Å². The van der Waals surface area contributed by atoms with Gasteiger partial charge in [0.2, 0.25) is 0 Å². The fourth-order valence-electron chi connectivity index (χ4n) is 1.18. The average molecular weight is 238 g/mol. The third-order valence-corrected chi connectivity index (χ3v) is 1.67.